The first-order valence-corrected chi connectivity index (χ1v) is 11.4. The van der Waals surface area contributed by atoms with Crippen LogP contribution in [-0.4, -0.2) is 27.2 Å². The van der Waals surface area contributed by atoms with E-state index in [1.807, 2.05) is 18.2 Å². The summed E-state index contributed by atoms with van der Waals surface area (Å²) < 4.78 is 17.2. The van der Waals surface area contributed by atoms with E-state index in [-0.39, 0.29) is 17.5 Å². The molecule has 0 aliphatic carbocycles. The van der Waals surface area contributed by atoms with Gasteiger partial charge >= 0.3 is 5.97 Å². The van der Waals surface area contributed by atoms with E-state index in [1.54, 1.807) is 20.8 Å². The van der Waals surface area contributed by atoms with Gasteiger partial charge in [0.2, 0.25) is 0 Å². The highest BCUT2D eigenvalue weighted by Crippen LogP contribution is 2.38. The van der Waals surface area contributed by atoms with Crippen molar-refractivity contribution in [3.05, 3.63) is 29.8 Å². The van der Waals surface area contributed by atoms with E-state index in [1.165, 1.54) is 0 Å². The lowest BCUT2D eigenvalue weighted by atomic mass is 9.85. The lowest BCUT2D eigenvalue weighted by Crippen LogP contribution is -2.39. The first kappa shape index (κ1) is 20.7. The molecule has 4 nitrogen and oxygen atoms in total. The van der Waals surface area contributed by atoms with Gasteiger partial charge in [-0.3, -0.25) is 0 Å². The molecule has 1 atom stereocenters. The molecule has 0 bridgehead atoms. The Morgan fingerprint density at radius 1 is 1.17 bits per heavy atom. The molecule has 0 radical (unpaired) electrons. The molecule has 0 aliphatic rings. The van der Waals surface area contributed by atoms with E-state index >= 15 is 0 Å². The third-order valence-corrected chi connectivity index (χ3v) is 4.31. The average Bonchev–Trinajstić information content (AvgIpc) is 2.43. The highest BCUT2D eigenvalue weighted by Gasteiger charge is 2.32. The molecule has 0 saturated carbocycles. The van der Waals surface area contributed by atoms with Crippen LogP contribution >= 0.6 is 0 Å². The lowest BCUT2D eigenvalue weighted by Gasteiger charge is -2.33. The van der Waals surface area contributed by atoms with Gasteiger partial charge < -0.3 is 13.9 Å². The Balaban J connectivity index is 3.06. The van der Waals surface area contributed by atoms with Crippen molar-refractivity contribution in [2.45, 2.75) is 66.3 Å². The SMILES string of the molecule is CCOC(=O)C(C)(C)Oc1cccc(C(O[SiH](C)C)C(C)(C)C)c1. The summed E-state index contributed by atoms with van der Waals surface area (Å²) in [4.78, 5) is 12.0. The Labute approximate surface area is 148 Å². The van der Waals surface area contributed by atoms with Crippen molar-refractivity contribution in [1.82, 2.24) is 0 Å². The van der Waals surface area contributed by atoms with Gasteiger partial charge in [-0.15, -0.1) is 0 Å². The minimum atomic E-state index is -1.20. The number of esters is 1. The molecule has 0 aromatic heterocycles. The Bertz CT molecular complexity index is 547. The summed E-state index contributed by atoms with van der Waals surface area (Å²) in [5, 5.41) is 0. The molecule has 0 N–H and O–H groups in total. The number of hydrogen-bond donors (Lipinski definition) is 0. The normalized spacial score (nSPS) is 13.7. The largest absolute Gasteiger partial charge is 0.476 e. The zero-order valence-electron chi connectivity index (χ0n) is 16.3. The molecule has 0 saturated heterocycles. The Morgan fingerprint density at radius 3 is 2.29 bits per heavy atom. The van der Waals surface area contributed by atoms with Crippen LogP contribution in [0.4, 0.5) is 0 Å². The Morgan fingerprint density at radius 2 is 1.79 bits per heavy atom. The second-order valence-electron chi connectivity index (χ2n) is 7.84. The van der Waals surface area contributed by atoms with Crippen LogP contribution in [0.2, 0.25) is 13.1 Å². The van der Waals surface area contributed by atoms with E-state index in [2.05, 4.69) is 39.9 Å². The van der Waals surface area contributed by atoms with Crippen LogP contribution in [0.25, 0.3) is 0 Å². The van der Waals surface area contributed by atoms with Crippen LogP contribution in [0, 0.1) is 5.41 Å². The molecular weight excluding hydrogens is 320 g/mol. The summed E-state index contributed by atoms with van der Waals surface area (Å²) in [6, 6.07) is 7.82. The number of carbonyl (C=O) groups is 1. The summed E-state index contributed by atoms with van der Waals surface area (Å²) in [5.74, 6) is 0.280. The molecule has 0 heterocycles. The molecular formula is C19H32O4Si. The maximum absolute atomic E-state index is 12.0. The topological polar surface area (TPSA) is 44.8 Å². The van der Waals surface area contributed by atoms with Crippen LogP contribution in [0.15, 0.2) is 24.3 Å². The molecule has 0 spiro atoms. The second-order valence-corrected chi connectivity index (χ2v) is 10.2. The molecule has 1 aromatic rings. The number of carbonyl (C=O) groups excluding carboxylic acids is 1. The zero-order chi connectivity index (χ0) is 18.5. The van der Waals surface area contributed by atoms with Crippen LogP contribution < -0.4 is 4.74 Å². The summed E-state index contributed by atoms with van der Waals surface area (Å²) in [6.07, 6.45) is -0.00146. The summed E-state index contributed by atoms with van der Waals surface area (Å²) in [6.45, 7) is 16.4. The zero-order valence-corrected chi connectivity index (χ0v) is 17.5. The predicted octanol–water partition coefficient (Wildman–Crippen LogP) is 4.49. The van der Waals surface area contributed by atoms with Crippen LogP contribution in [-0.2, 0) is 14.0 Å². The number of benzene rings is 1. The summed E-state index contributed by atoms with van der Waals surface area (Å²) in [7, 11) is -1.20. The van der Waals surface area contributed by atoms with Crippen molar-refractivity contribution < 1.29 is 18.7 Å². The van der Waals surface area contributed by atoms with Gasteiger partial charge in [-0.05, 0) is 57.0 Å². The van der Waals surface area contributed by atoms with Crippen molar-refractivity contribution in [1.29, 1.82) is 0 Å². The van der Waals surface area contributed by atoms with Gasteiger partial charge in [-0.2, -0.15) is 0 Å². The van der Waals surface area contributed by atoms with Gasteiger partial charge in [0, 0.05) is 0 Å². The van der Waals surface area contributed by atoms with Gasteiger partial charge in [0.15, 0.2) is 14.6 Å². The van der Waals surface area contributed by atoms with Crippen molar-refractivity contribution in [3.8, 4) is 5.75 Å². The van der Waals surface area contributed by atoms with Gasteiger partial charge in [0.05, 0.1) is 12.7 Å². The van der Waals surface area contributed by atoms with Crippen LogP contribution in [0.3, 0.4) is 0 Å². The number of ether oxygens (including phenoxy) is 2. The maximum Gasteiger partial charge on any atom is 0.349 e. The fourth-order valence-corrected chi connectivity index (χ4v) is 3.55. The average molecular weight is 353 g/mol. The van der Waals surface area contributed by atoms with E-state index < -0.39 is 14.6 Å². The number of hydrogen-bond acceptors (Lipinski definition) is 4. The molecule has 5 heteroatoms. The highest BCUT2D eigenvalue weighted by molar-refractivity contribution is 6.48. The van der Waals surface area contributed by atoms with E-state index in [0.29, 0.717) is 12.4 Å². The Hall–Kier alpha value is -1.33. The fourth-order valence-electron chi connectivity index (χ4n) is 2.44. The van der Waals surface area contributed by atoms with Gasteiger partial charge in [0.25, 0.3) is 0 Å². The van der Waals surface area contributed by atoms with E-state index in [9.17, 15) is 4.79 Å². The first-order chi connectivity index (χ1) is 11.0. The van der Waals surface area contributed by atoms with Crippen LogP contribution in [0.5, 0.6) is 5.75 Å². The van der Waals surface area contributed by atoms with Crippen molar-refractivity contribution in [3.63, 3.8) is 0 Å². The molecule has 0 amide bonds. The van der Waals surface area contributed by atoms with Crippen molar-refractivity contribution >= 4 is 15.0 Å². The molecule has 1 rings (SSSR count). The third-order valence-electron chi connectivity index (χ3n) is 3.50. The van der Waals surface area contributed by atoms with Crippen molar-refractivity contribution in [2.75, 3.05) is 6.61 Å². The maximum atomic E-state index is 12.0. The van der Waals surface area contributed by atoms with Gasteiger partial charge in [0.1, 0.15) is 5.75 Å². The Kier molecular flexibility index (Phi) is 7.05. The molecule has 0 aliphatic heterocycles. The lowest BCUT2D eigenvalue weighted by molar-refractivity contribution is -0.158. The number of rotatable bonds is 7. The quantitative estimate of drug-likeness (QED) is 0.535. The smallest absolute Gasteiger partial charge is 0.349 e. The molecule has 1 aromatic carbocycles. The second kappa shape index (κ2) is 8.16. The third kappa shape index (κ3) is 5.95. The molecule has 136 valence electrons. The molecule has 0 fully saturated rings. The van der Waals surface area contributed by atoms with E-state index in [0.717, 1.165) is 5.56 Å². The van der Waals surface area contributed by atoms with Gasteiger partial charge in [-0.1, -0.05) is 32.9 Å². The standard InChI is InChI=1S/C19H32O4Si/c1-9-21-17(20)19(5,6)22-15-12-10-11-14(13-15)16(18(2,3)4)23-24(7)8/h10-13,16,24H,9H2,1-8H3. The minimum absolute atomic E-state index is 0.00146. The van der Waals surface area contributed by atoms with E-state index in [4.69, 9.17) is 13.9 Å². The molecule has 24 heavy (non-hydrogen) atoms. The first-order valence-electron chi connectivity index (χ1n) is 8.59. The van der Waals surface area contributed by atoms with Crippen molar-refractivity contribution in [2.24, 2.45) is 5.41 Å². The van der Waals surface area contributed by atoms with Crippen LogP contribution in [0.1, 0.15) is 53.2 Å². The molecule has 1 unspecified atom stereocenters. The summed E-state index contributed by atoms with van der Waals surface area (Å²) >= 11 is 0. The fraction of sp³-hybridized carbons (Fsp3) is 0.632. The predicted molar refractivity (Wildman–Crippen MR) is 99.9 cm³/mol. The monoisotopic (exact) mass is 352 g/mol. The summed E-state index contributed by atoms with van der Waals surface area (Å²) in [5.41, 5.74) is 0.0207. The van der Waals surface area contributed by atoms with Gasteiger partial charge in [-0.25, -0.2) is 4.79 Å². The minimum Gasteiger partial charge on any atom is -0.476 e. The highest BCUT2D eigenvalue weighted by atomic mass is 28.3.